The number of Topliss-reactive ketones (excluding diaryl/α,β-unsaturated/α-hetero) is 1. The Morgan fingerprint density at radius 2 is 1.47 bits per heavy atom. The van der Waals surface area contributed by atoms with E-state index in [1.54, 1.807) is 0 Å². The molecule has 2 aromatic rings. The van der Waals surface area contributed by atoms with Crippen LogP contribution in [-0.4, -0.2) is 5.78 Å². The minimum Gasteiger partial charge on any atom is -0.295 e. The van der Waals surface area contributed by atoms with Crippen LogP contribution >= 0.6 is 0 Å². The first-order valence-electron chi connectivity index (χ1n) is 5.36. The lowest BCUT2D eigenvalue weighted by Crippen LogP contribution is -1.98. The van der Waals surface area contributed by atoms with E-state index < -0.39 is 28.8 Å². The van der Waals surface area contributed by atoms with Gasteiger partial charge in [-0.1, -0.05) is 0 Å². The fourth-order valence-corrected chi connectivity index (χ4v) is 1.68. The molecular formula is C14H8F4O. The lowest BCUT2D eigenvalue weighted by molar-refractivity contribution is 0.101. The maximum absolute atomic E-state index is 13.6. The molecular weight excluding hydrogens is 260 g/mol. The smallest absolute Gasteiger partial charge is 0.195 e. The van der Waals surface area contributed by atoms with Gasteiger partial charge in [0.2, 0.25) is 0 Å². The van der Waals surface area contributed by atoms with Gasteiger partial charge in [-0.05, 0) is 37.3 Å². The molecule has 0 spiro atoms. The minimum absolute atomic E-state index is 0.153. The molecule has 0 atom stereocenters. The highest BCUT2D eigenvalue weighted by Crippen LogP contribution is 2.29. The highest BCUT2D eigenvalue weighted by atomic mass is 19.2. The molecule has 0 amide bonds. The molecule has 0 aliphatic carbocycles. The van der Waals surface area contributed by atoms with Crippen molar-refractivity contribution in [2.24, 2.45) is 0 Å². The predicted octanol–water partition coefficient (Wildman–Crippen LogP) is 4.11. The number of ketones is 1. The van der Waals surface area contributed by atoms with Crippen LogP contribution in [0.5, 0.6) is 0 Å². The number of rotatable bonds is 2. The topological polar surface area (TPSA) is 17.1 Å². The number of carbonyl (C=O) groups excluding carboxylic acids is 1. The van der Waals surface area contributed by atoms with Crippen molar-refractivity contribution in [3.8, 4) is 11.1 Å². The molecule has 0 aromatic heterocycles. The summed E-state index contributed by atoms with van der Waals surface area (Å²) in [4.78, 5) is 11.2. The quantitative estimate of drug-likeness (QED) is 0.455. The van der Waals surface area contributed by atoms with Gasteiger partial charge in [-0.3, -0.25) is 4.79 Å². The van der Waals surface area contributed by atoms with Crippen LogP contribution < -0.4 is 0 Å². The molecule has 0 heterocycles. The van der Waals surface area contributed by atoms with Gasteiger partial charge in [0.05, 0.1) is 0 Å². The molecule has 0 N–H and O–H groups in total. The van der Waals surface area contributed by atoms with Crippen LogP contribution in [0.25, 0.3) is 11.1 Å². The van der Waals surface area contributed by atoms with Crippen molar-refractivity contribution in [3.63, 3.8) is 0 Å². The summed E-state index contributed by atoms with van der Waals surface area (Å²) in [6.45, 7) is 1.26. The SMILES string of the molecule is CC(=O)c1ccc(F)c(-c2ccc(F)c(F)c2F)c1. The van der Waals surface area contributed by atoms with Gasteiger partial charge in [-0.15, -0.1) is 0 Å². The summed E-state index contributed by atoms with van der Waals surface area (Å²) < 4.78 is 53.2. The van der Waals surface area contributed by atoms with Gasteiger partial charge in [0.1, 0.15) is 5.82 Å². The maximum atomic E-state index is 13.6. The normalized spacial score (nSPS) is 10.6. The second-order valence-corrected chi connectivity index (χ2v) is 3.97. The van der Waals surface area contributed by atoms with Gasteiger partial charge in [0.25, 0.3) is 0 Å². The third-order valence-corrected chi connectivity index (χ3v) is 2.70. The fourth-order valence-electron chi connectivity index (χ4n) is 1.68. The van der Waals surface area contributed by atoms with Gasteiger partial charge in [0, 0.05) is 16.7 Å². The predicted molar refractivity (Wildman–Crippen MR) is 61.7 cm³/mol. The van der Waals surface area contributed by atoms with E-state index in [9.17, 15) is 22.4 Å². The zero-order valence-corrected chi connectivity index (χ0v) is 9.81. The molecule has 0 fully saturated rings. The fraction of sp³-hybridized carbons (Fsp3) is 0.0714. The van der Waals surface area contributed by atoms with Gasteiger partial charge in [0.15, 0.2) is 23.2 Å². The highest BCUT2D eigenvalue weighted by Gasteiger charge is 2.18. The van der Waals surface area contributed by atoms with Crippen LogP contribution in [0.15, 0.2) is 30.3 Å². The Balaban J connectivity index is 2.68. The molecule has 0 saturated carbocycles. The van der Waals surface area contributed by atoms with E-state index in [-0.39, 0.29) is 16.9 Å². The number of hydrogen-bond donors (Lipinski definition) is 0. The first kappa shape index (κ1) is 13.3. The molecule has 0 saturated heterocycles. The molecule has 0 unspecified atom stereocenters. The van der Waals surface area contributed by atoms with Crippen LogP contribution in [0, 0.1) is 23.3 Å². The maximum Gasteiger partial charge on any atom is 0.195 e. The number of halogens is 4. The molecule has 0 aliphatic heterocycles. The van der Waals surface area contributed by atoms with E-state index in [0.717, 1.165) is 18.2 Å². The molecule has 0 aliphatic rings. The zero-order chi connectivity index (χ0) is 14.2. The summed E-state index contributed by atoms with van der Waals surface area (Å²) in [6, 6.07) is 4.95. The standard InChI is InChI=1S/C14H8F4O/c1-7(19)8-2-4-11(15)10(6-8)9-3-5-12(16)14(18)13(9)17/h2-6H,1H3. The summed E-state index contributed by atoms with van der Waals surface area (Å²) in [6.07, 6.45) is 0. The zero-order valence-electron chi connectivity index (χ0n) is 9.81. The van der Waals surface area contributed by atoms with Gasteiger partial charge >= 0.3 is 0 Å². The molecule has 0 radical (unpaired) electrons. The molecule has 0 bridgehead atoms. The summed E-state index contributed by atoms with van der Waals surface area (Å²) in [5.41, 5.74) is -0.566. The van der Waals surface area contributed by atoms with Gasteiger partial charge in [-0.25, -0.2) is 17.6 Å². The Bertz CT molecular complexity index is 665. The van der Waals surface area contributed by atoms with E-state index in [0.29, 0.717) is 6.07 Å². The summed E-state index contributed by atoms with van der Waals surface area (Å²) >= 11 is 0. The average molecular weight is 268 g/mol. The first-order chi connectivity index (χ1) is 8.91. The van der Waals surface area contributed by atoms with Crippen molar-refractivity contribution in [3.05, 3.63) is 59.2 Å². The molecule has 98 valence electrons. The number of benzene rings is 2. The van der Waals surface area contributed by atoms with Crippen LogP contribution in [0.4, 0.5) is 17.6 Å². The third kappa shape index (κ3) is 2.36. The Morgan fingerprint density at radius 1 is 0.842 bits per heavy atom. The Hall–Kier alpha value is -2.17. The second kappa shape index (κ2) is 4.84. The van der Waals surface area contributed by atoms with E-state index in [1.807, 2.05) is 0 Å². The monoisotopic (exact) mass is 268 g/mol. The molecule has 19 heavy (non-hydrogen) atoms. The average Bonchev–Trinajstić information content (AvgIpc) is 2.37. The van der Waals surface area contributed by atoms with Crippen molar-refractivity contribution in [1.82, 2.24) is 0 Å². The summed E-state index contributed by atoms with van der Waals surface area (Å²) in [7, 11) is 0. The Morgan fingerprint density at radius 3 is 2.11 bits per heavy atom. The van der Waals surface area contributed by atoms with Crippen molar-refractivity contribution >= 4 is 5.78 Å². The van der Waals surface area contributed by atoms with Gasteiger partial charge in [-0.2, -0.15) is 0 Å². The molecule has 2 rings (SSSR count). The van der Waals surface area contributed by atoms with E-state index >= 15 is 0 Å². The van der Waals surface area contributed by atoms with Crippen LogP contribution in [0.2, 0.25) is 0 Å². The Labute approximate surface area is 106 Å². The summed E-state index contributed by atoms with van der Waals surface area (Å²) in [5, 5.41) is 0. The van der Waals surface area contributed by atoms with Crippen molar-refractivity contribution < 1.29 is 22.4 Å². The van der Waals surface area contributed by atoms with Crippen molar-refractivity contribution in [2.75, 3.05) is 0 Å². The van der Waals surface area contributed by atoms with Crippen LogP contribution in [0.3, 0.4) is 0 Å². The molecule has 5 heteroatoms. The molecule has 1 nitrogen and oxygen atoms in total. The van der Waals surface area contributed by atoms with E-state index in [2.05, 4.69) is 0 Å². The molecule has 2 aromatic carbocycles. The van der Waals surface area contributed by atoms with E-state index in [4.69, 9.17) is 0 Å². The second-order valence-electron chi connectivity index (χ2n) is 3.97. The highest BCUT2D eigenvalue weighted by molar-refractivity contribution is 5.95. The van der Waals surface area contributed by atoms with Crippen molar-refractivity contribution in [1.29, 1.82) is 0 Å². The first-order valence-corrected chi connectivity index (χ1v) is 5.36. The van der Waals surface area contributed by atoms with Crippen LogP contribution in [-0.2, 0) is 0 Å². The number of hydrogen-bond acceptors (Lipinski definition) is 1. The minimum atomic E-state index is -1.68. The number of carbonyl (C=O) groups is 1. The summed E-state index contributed by atoms with van der Waals surface area (Å²) in [5.74, 6) is -5.69. The Kier molecular flexibility index (Phi) is 3.38. The van der Waals surface area contributed by atoms with Crippen molar-refractivity contribution in [2.45, 2.75) is 6.92 Å². The largest absolute Gasteiger partial charge is 0.295 e. The third-order valence-electron chi connectivity index (χ3n) is 2.70. The lowest BCUT2D eigenvalue weighted by Gasteiger charge is -2.07. The van der Waals surface area contributed by atoms with Gasteiger partial charge < -0.3 is 0 Å². The van der Waals surface area contributed by atoms with Crippen LogP contribution in [0.1, 0.15) is 17.3 Å². The lowest BCUT2D eigenvalue weighted by atomic mass is 10.00. The van der Waals surface area contributed by atoms with E-state index in [1.165, 1.54) is 13.0 Å².